The Bertz CT molecular complexity index is 1240. The standard InChI is InChI=1S/C21H16N4O5/c1-2-16-17(28-11-27-16)7-13(1)20-14-8-18-19(30-12-29-18)9-15(14)23-21(24-20)26-6-5-25-4-3-22-10-25/h1-4,7-10H,5-6,11-12H2. The SMILES string of the molecule is c1cn(CCOc2nc(-c3ccc4c(c3)OCO4)c3cc4c(cc3n2)OCO4)cn1. The van der Waals surface area contributed by atoms with Gasteiger partial charge in [-0.3, -0.25) is 0 Å². The molecule has 0 N–H and O–H groups in total. The second-order valence-corrected chi connectivity index (χ2v) is 6.79. The van der Waals surface area contributed by atoms with Gasteiger partial charge in [-0.25, -0.2) is 4.98 Å². The van der Waals surface area contributed by atoms with Gasteiger partial charge in [0.25, 0.3) is 0 Å². The average molecular weight is 404 g/mol. The first-order valence-electron chi connectivity index (χ1n) is 9.43. The zero-order valence-electron chi connectivity index (χ0n) is 15.8. The first kappa shape index (κ1) is 16.9. The van der Waals surface area contributed by atoms with Crippen LogP contribution >= 0.6 is 0 Å². The second-order valence-electron chi connectivity index (χ2n) is 6.79. The summed E-state index contributed by atoms with van der Waals surface area (Å²) in [6, 6.07) is 9.75. The Labute approximate surface area is 170 Å². The molecule has 0 saturated carbocycles. The summed E-state index contributed by atoms with van der Waals surface area (Å²) >= 11 is 0. The quantitative estimate of drug-likeness (QED) is 0.501. The molecule has 0 spiro atoms. The minimum atomic E-state index is 0.187. The third-order valence-electron chi connectivity index (χ3n) is 4.96. The summed E-state index contributed by atoms with van der Waals surface area (Å²) in [5.41, 5.74) is 2.29. The predicted octanol–water partition coefficient (Wildman–Crippen LogP) is 3.03. The molecule has 2 aromatic heterocycles. The highest BCUT2D eigenvalue weighted by atomic mass is 16.7. The van der Waals surface area contributed by atoms with Crippen LogP contribution in [0.15, 0.2) is 49.1 Å². The molecule has 0 amide bonds. The lowest BCUT2D eigenvalue weighted by molar-refractivity contribution is 0.173. The van der Waals surface area contributed by atoms with Crippen molar-refractivity contribution in [2.45, 2.75) is 6.54 Å². The Morgan fingerprint density at radius 2 is 1.70 bits per heavy atom. The van der Waals surface area contributed by atoms with Crippen LogP contribution in [-0.2, 0) is 6.54 Å². The van der Waals surface area contributed by atoms with E-state index in [1.54, 1.807) is 12.5 Å². The fraction of sp³-hybridized carbons (Fsp3) is 0.190. The Morgan fingerprint density at radius 1 is 0.900 bits per heavy atom. The van der Waals surface area contributed by atoms with Crippen LogP contribution < -0.4 is 23.7 Å². The van der Waals surface area contributed by atoms with Crippen LogP contribution in [0.5, 0.6) is 29.0 Å². The monoisotopic (exact) mass is 404 g/mol. The lowest BCUT2D eigenvalue weighted by atomic mass is 10.1. The highest BCUT2D eigenvalue weighted by molar-refractivity contribution is 5.95. The molecule has 0 fully saturated rings. The van der Waals surface area contributed by atoms with E-state index in [4.69, 9.17) is 23.7 Å². The fourth-order valence-electron chi connectivity index (χ4n) is 3.49. The number of ether oxygens (including phenoxy) is 5. The van der Waals surface area contributed by atoms with Gasteiger partial charge in [0.15, 0.2) is 23.0 Å². The molecule has 30 heavy (non-hydrogen) atoms. The molecular formula is C21H16N4O5. The first-order valence-corrected chi connectivity index (χ1v) is 9.43. The van der Waals surface area contributed by atoms with E-state index in [0.29, 0.717) is 47.4 Å². The highest BCUT2D eigenvalue weighted by Crippen LogP contribution is 2.41. The van der Waals surface area contributed by atoms with Crippen LogP contribution in [0, 0.1) is 0 Å². The number of rotatable bonds is 5. The van der Waals surface area contributed by atoms with Gasteiger partial charge in [0, 0.05) is 29.4 Å². The number of nitrogens with zero attached hydrogens (tertiary/aromatic N) is 4. The number of hydrogen-bond acceptors (Lipinski definition) is 8. The molecule has 2 aliphatic heterocycles. The summed E-state index contributed by atoms with van der Waals surface area (Å²) in [6.07, 6.45) is 5.35. The number of fused-ring (bicyclic) bond motifs is 3. The third-order valence-corrected chi connectivity index (χ3v) is 4.96. The predicted molar refractivity (Wildman–Crippen MR) is 105 cm³/mol. The molecule has 150 valence electrons. The molecule has 9 nitrogen and oxygen atoms in total. The summed E-state index contributed by atoms with van der Waals surface area (Å²) < 4.78 is 29.8. The van der Waals surface area contributed by atoms with Crippen molar-refractivity contribution < 1.29 is 23.7 Å². The van der Waals surface area contributed by atoms with Crippen molar-refractivity contribution >= 4 is 10.9 Å². The lowest BCUT2D eigenvalue weighted by Crippen LogP contribution is -2.09. The Morgan fingerprint density at radius 3 is 2.53 bits per heavy atom. The van der Waals surface area contributed by atoms with Crippen molar-refractivity contribution in [1.82, 2.24) is 19.5 Å². The molecule has 0 bridgehead atoms. The molecule has 6 rings (SSSR count). The van der Waals surface area contributed by atoms with Crippen molar-refractivity contribution in [2.75, 3.05) is 20.2 Å². The molecule has 4 heterocycles. The van der Waals surface area contributed by atoms with Gasteiger partial charge >= 0.3 is 6.01 Å². The molecule has 9 heteroatoms. The maximum atomic E-state index is 5.86. The van der Waals surface area contributed by atoms with E-state index in [1.165, 1.54) is 0 Å². The third kappa shape index (κ3) is 2.91. The Hall–Kier alpha value is -4.01. The zero-order chi connectivity index (χ0) is 19.9. The summed E-state index contributed by atoms with van der Waals surface area (Å²) in [7, 11) is 0. The van der Waals surface area contributed by atoms with E-state index in [9.17, 15) is 0 Å². The summed E-state index contributed by atoms with van der Waals surface area (Å²) in [5.74, 6) is 2.72. The van der Waals surface area contributed by atoms with Crippen LogP contribution in [-0.4, -0.2) is 39.7 Å². The van der Waals surface area contributed by atoms with Gasteiger partial charge in [-0.2, -0.15) is 9.97 Å². The molecule has 0 saturated heterocycles. The number of hydrogen-bond donors (Lipinski definition) is 0. The van der Waals surface area contributed by atoms with E-state index < -0.39 is 0 Å². The molecule has 4 aromatic rings. The van der Waals surface area contributed by atoms with Crippen molar-refractivity contribution in [3.63, 3.8) is 0 Å². The largest absolute Gasteiger partial charge is 0.462 e. The van der Waals surface area contributed by atoms with Gasteiger partial charge in [-0.1, -0.05) is 0 Å². The van der Waals surface area contributed by atoms with E-state index in [-0.39, 0.29) is 19.6 Å². The fourth-order valence-corrected chi connectivity index (χ4v) is 3.49. The van der Waals surface area contributed by atoms with Crippen molar-refractivity contribution in [2.24, 2.45) is 0 Å². The molecule has 0 radical (unpaired) electrons. The minimum absolute atomic E-state index is 0.187. The smallest absolute Gasteiger partial charge is 0.317 e. The molecule has 0 unspecified atom stereocenters. The van der Waals surface area contributed by atoms with Crippen molar-refractivity contribution in [3.8, 4) is 40.3 Å². The molecule has 2 aromatic carbocycles. The zero-order valence-corrected chi connectivity index (χ0v) is 15.8. The lowest BCUT2D eigenvalue weighted by Gasteiger charge is -2.11. The van der Waals surface area contributed by atoms with Gasteiger partial charge in [0.1, 0.15) is 6.61 Å². The molecule has 0 atom stereocenters. The van der Waals surface area contributed by atoms with Crippen molar-refractivity contribution in [3.05, 3.63) is 49.1 Å². The van der Waals surface area contributed by atoms with Gasteiger partial charge < -0.3 is 28.3 Å². The second kappa shape index (κ2) is 6.80. The van der Waals surface area contributed by atoms with Gasteiger partial charge in [0.2, 0.25) is 13.6 Å². The maximum Gasteiger partial charge on any atom is 0.317 e. The summed E-state index contributed by atoms with van der Waals surface area (Å²) in [5, 5.41) is 0.833. The van der Waals surface area contributed by atoms with Crippen LogP contribution in [0.1, 0.15) is 0 Å². The molecular weight excluding hydrogens is 388 g/mol. The topological polar surface area (TPSA) is 89.8 Å². The van der Waals surface area contributed by atoms with Gasteiger partial charge in [-0.05, 0) is 24.3 Å². The summed E-state index contributed by atoms with van der Waals surface area (Å²) in [6.45, 7) is 1.45. The maximum absolute atomic E-state index is 5.86. The van der Waals surface area contributed by atoms with Gasteiger partial charge in [0.05, 0.1) is 24.1 Å². The normalized spacial score (nSPS) is 13.7. The Balaban J connectivity index is 1.42. The van der Waals surface area contributed by atoms with E-state index in [1.807, 2.05) is 41.1 Å². The van der Waals surface area contributed by atoms with Crippen molar-refractivity contribution in [1.29, 1.82) is 0 Å². The average Bonchev–Trinajstić information content (AvgIpc) is 3.52. The number of benzene rings is 2. The van der Waals surface area contributed by atoms with E-state index in [0.717, 1.165) is 10.9 Å². The summed E-state index contributed by atoms with van der Waals surface area (Å²) in [4.78, 5) is 13.3. The molecule has 2 aliphatic rings. The van der Waals surface area contributed by atoms with E-state index in [2.05, 4.69) is 15.0 Å². The van der Waals surface area contributed by atoms with Crippen LogP contribution in [0.3, 0.4) is 0 Å². The van der Waals surface area contributed by atoms with Crippen LogP contribution in [0.4, 0.5) is 0 Å². The van der Waals surface area contributed by atoms with Gasteiger partial charge in [-0.15, -0.1) is 0 Å². The first-order chi connectivity index (χ1) is 14.8. The van der Waals surface area contributed by atoms with E-state index >= 15 is 0 Å². The Kier molecular flexibility index (Phi) is 3.83. The number of imidazole rings is 1. The highest BCUT2D eigenvalue weighted by Gasteiger charge is 2.21. The van der Waals surface area contributed by atoms with Crippen LogP contribution in [0.2, 0.25) is 0 Å². The number of aromatic nitrogens is 4. The minimum Gasteiger partial charge on any atom is -0.462 e. The van der Waals surface area contributed by atoms with Crippen LogP contribution in [0.25, 0.3) is 22.2 Å². The molecule has 0 aliphatic carbocycles.